The second kappa shape index (κ2) is 7.17. The smallest absolute Gasteiger partial charge is 0.227 e. The van der Waals surface area contributed by atoms with Crippen LogP contribution in [0, 0.1) is 0 Å². The van der Waals surface area contributed by atoms with Crippen molar-refractivity contribution in [2.24, 2.45) is 0 Å². The summed E-state index contributed by atoms with van der Waals surface area (Å²) in [6.07, 6.45) is 2.23. The van der Waals surface area contributed by atoms with E-state index in [1.807, 2.05) is 6.07 Å². The van der Waals surface area contributed by atoms with Crippen LogP contribution in [0.2, 0.25) is 0 Å². The highest BCUT2D eigenvalue weighted by Gasteiger charge is 2.32. The largest absolute Gasteiger partial charge is 0.493 e. The molecule has 6 heteroatoms. The van der Waals surface area contributed by atoms with E-state index in [1.54, 1.807) is 14.2 Å². The average Bonchev–Trinajstić information content (AvgIpc) is 3.26. The maximum Gasteiger partial charge on any atom is 0.227 e. The molecule has 1 aliphatic rings. The van der Waals surface area contributed by atoms with Crippen LogP contribution in [-0.2, 0) is 12.0 Å². The highest BCUT2D eigenvalue weighted by Crippen LogP contribution is 2.39. The van der Waals surface area contributed by atoms with Crippen molar-refractivity contribution in [2.75, 3.05) is 25.7 Å². The Balaban J connectivity index is 1.98. The molecule has 0 amide bonds. The fraction of sp³-hybridized carbons (Fsp3) is 0.600. The molecule has 0 saturated carbocycles. The van der Waals surface area contributed by atoms with Gasteiger partial charge >= 0.3 is 0 Å². The second-order valence-corrected chi connectivity index (χ2v) is 7.78. The normalized spacial score (nSPS) is 17.6. The second-order valence-electron chi connectivity index (χ2n) is 7.78. The van der Waals surface area contributed by atoms with Crippen LogP contribution in [0.4, 0.5) is 5.95 Å². The SMILES string of the molecule is CCn1c(N2CCCC2c2ccc(OC)c(OC)c2)nnc1C(C)(C)C. The topological polar surface area (TPSA) is 52.4 Å². The lowest BCUT2D eigenvalue weighted by atomic mass is 9.96. The van der Waals surface area contributed by atoms with Crippen LogP contribution in [0.3, 0.4) is 0 Å². The van der Waals surface area contributed by atoms with Crippen LogP contribution in [-0.4, -0.2) is 35.5 Å². The molecule has 1 unspecified atom stereocenters. The van der Waals surface area contributed by atoms with Gasteiger partial charge in [0.25, 0.3) is 0 Å². The molecule has 142 valence electrons. The van der Waals surface area contributed by atoms with Crippen LogP contribution in [0.5, 0.6) is 11.5 Å². The summed E-state index contributed by atoms with van der Waals surface area (Å²) in [5.41, 5.74) is 1.20. The van der Waals surface area contributed by atoms with Gasteiger partial charge in [-0.2, -0.15) is 0 Å². The zero-order chi connectivity index (χ0) is 18.9. The van der Waals surface area contributed by atoms with Gasteiger partial charge in [0.1, 0.15) is 5.82 Å². The Morgan fingerprint density at radius 2 is 1.85 bits per heavy atom. The maximum atomic E-state index is 5.49. The number of benzene rings is 1. The first-order chi connectivity index (χ1) is 12.4. The minimum absolute atomic E-state index is 0.0280. The highest BCUT2D eigenvalue weighted by atomic mass is 16.5. The van der Waals surface area contributed by atoms with Crippen molar-refractivity contribution in [1.82, 2.24) is 14.8 Å². The first-order valence-corrected chi connectivity index (χ1v) is 9.33. The molecule has 1 atom stereocenters. The van der Waals surface area contributed by atoms with Crippen LogP contribution in [0.25, 0.3) is 0 Å². The Morgan fingerprint density at radius 1 is 1.12 bits per heavy atom. The Bertz CT molecular complexity index is 764. The summed E-state index contributed by atoms with van der Waals surface area (Å²) >= 11 is 0. The van der Waals surface area contributed by atoms with Crippen molar-refractivity contribution in [2.45, 2.75) is 58.5 Å². The predicted octanol–water partition coefficient (Wildman–Crippen LogP) is 3.95. The van der Waals surface area contributed by atoms with Crippen LogP contribution < -0.4 is 14.4 Å². The van der Waals surface area contributed by atoms with Crippen LogP contribution in [0.1, 0.15) is 58.0 Å². The summed E-state index contributed by atoms with van der Waals surface area (Å²) < 4.78 is 13.1. The predicted molar refractivity (Wildman–Crippen MR) is 103 cm³/mol. The molecule has 1 aliphatic heterocycles. The average molecular weight is 358 g/mol. The number of methoxy groups -OCH3 is 2. The van der Waals surface area contributed by atoms with Gasteiger partial charge in [-0.05, 0) is 37.5 Å². The van der Waals surface area contributed by atoms with Gasteiger partial charge in [-0.1, -0.05) is 26.8 Å². The number of hydrogen-bond acceptors (Lipinski definition) is 5. The molecule has 1 aromatic carbocycles. The quantitative estimate of drug-likeness (QED) is 0.810. The summed E-state index contributed by atoms with van der Waals surface area (Å²) in [4.78, 5) is 2.38. The zero-order valence-corrected chi connectivity index (χ0v) is 16.7. The molecule has 0 aliphatic carbocycles. The lowest BCUT2D eigenvalue weighted by molar-refractivity contribution is 0.354. The number of aromatic nitrogens is 3. The number of anilines is 1. The molecule has 1 saturated heterocycles. The molecule has 0 radical (unpaired) electrons. The van der Waals surface area contributed by atoms with Gasteiger partial charge in [0.2, 0.25) is 5.95 Å². The van der Waals surface area contributed by atoms with E-state index in [9.17, 15) is 0 Å². The van der Waals surface area contributed by atoms with Gasteiger partial charge in [0.05, 0.1) is 20.3 Å². The Kier molecular flexibility index (Phi) is 5.12. The third-order valence-corrected chi connectivity index (χ3v) is 5.02. The molecule has 26 heavy (non-hydrogen) atoms. The first-order valence-electron chi connectivity index (χ1n) is 9.33. The van der Waals surface area contributed by atoms with Crippen molar-refractivity contribution in [3.05, 3.63) is 29.6 Å². The van der Waals surface area contributed by atoms with Crippen molar-refractivity contribution in [3.63, 3.8) is 0 Å². The lowest BCUT2D eigenvalue weighted by Gasteiger charge is -2.28. The molecule has 0 spiro atoms. The monoisotopic (exact) mass is 358 g/mol. The molecule has 2 heterocycles. The molecular weight excluding hydrogens is 328 g/mol. The summed E-state index contributed by atoms with van der Waals surface area (Å²) in [6, 6.07) is 6.47. The molecule has 3 rings (SSSR count). The third-order valence-electron chi connectivity index (χ3n) is 5.02. The van der Waals surface area contributed by atoms with E-state index in [2.05, 4.69) is 59.5 Å². The minimum Gasteiger partial charge on any atom is -0.493 e. The molecule has 0 N–H and O–H groups in total. The maximum absolute atomic E-state index is 5.49. The van der Waals surface area contributed by atoms with E-state index in [-0.39, 0.29) is 11.5 Å². The zero-order valence-electron chi connectivity index (χ0n) is 16.7. The Hall–Kier alpha value is -2.24. The van der Waals surface area contributed by atoms with Gasteiger partial charge in [-0.15, -0.1) is 10.2 Å². The van der Waals surface area contributed by atoms with Crippen molar-refractivity contribution in [3.8, 4) is 11.5 Å². The molecule has 0 bridgehead atoms. The van der Waals surface area contributed by atoms with E-state index < -0.39 is 0 Å². The van der Waals surface area contributed by atoms with E-state index >= 15 is 0 Å². The lowest BCUT2D eigenvalue weighted by Crippen LogP contribution is -2.27. The first kappa shape index (κ1) is 18.5. The summed E-state index contributed by atoms with van der Waals surface area (Å²) in [6.45, 7) is 10.6. The fourth-order valence-electron chi connectivity index (χ4n) is 3.77. The van der Waals surface area contributed by atoms with E-state index in [0.717, 1.165) is 49.2 Å². The third kappa shape index (κ3) is 3.24. The van der Waals surface area contributed by atoms with Gasteiger partial charge in [-0.3, -0.25) is 4.57 Å². The number of ether oxygens (including phenoxy) is 2. The van der Waals surface area contributed by atoms with Crippen molar-refractivity contribution >= 4 is 5.95 Å². The van der Waals surface area contributed by atoms with Crippen LogP contribution in [0.15, 0.2) is 18.2 Å². The minimum atomic E-state index is -0.0280. The Morgan fingerprint density at radius 3 is 2.46 bits per heavy atom. The molecule has 1 fully saturated rings. The van der Waals surface area contributed by atoms with Gasteiger partial charge in [0.15, 0.2) is 11.5 Å². The number of nitrogens with zero attached hydrogens (tertiary/aromatic N) is 4. The van der Waals surface area contributed by atoms with Crippen molar-refractivity contribution in [1.29, 1.82) is 0 Å². The van der Waals surface area contributed by atoms with Gasteiger partial charge < -0.3 is 14.4 Å². The highest BCUT2D eigenvalue weighted by molar-refractivity contribution is 5.47. The van der Waals surface area contributed by atoms with E-state index in [4.69, 9.17) is 9.47 Å². The standard InChI is InChI=1S/C20H30N4O2/c1-7-23-18(20(2,3)4)21-22-19(23)24-12-8-9-15(24)14-10-11-16(25-5)17(13-14)26-6/h10-11,13,15H,7-9,12H2,1-6H3. The summed E-state index contributed by atoms with van der Waals surface area (Å²) in [5.74, 6) is 3.53. The molecule has 6 nitrogen and oxygen atoms in total. The van der Waals surface area contributed by atoms with Gasteiger partial charge in [-0.25, -0.2) is 0 Å². The summed E-state index contributed by atoms with van der Waals surface area (Å²) in [5, 5.41) is 9.09. The molecular formula is C20H30N4O2. The number of hydrogen-bond donors (Lipinski definition) is 0. The van der Waals surface area contributed by atoms with E-state index in [0.29, 0.717) is 0 Å². The van der Waals surface area contributed by atoms with Crippen LogP contribution >= 0.6 is 0 Å². The number of rotatable bonds is 5. The Labute approximate surface area is 156 Å². The van der Waals surface area contributed by atoms with Gasteiger partial charge in [0, 0.05) is 18.5 Å². The van der Waals surface area contributed by atoms with E-state index in [1.165, 1.54) is 5.56 Å². The van der Waals surface area contributed by atoms with Crippen molar-refractivity contribution < 1.29 is 9.47 Å². The summed E-state index contributed by atoms with van der Waals surface area (Å²) in [7, 11) is 3.34. The fourth-order valence-corrected chi connectivity index (χ4v) is 3.77. The molecule has 1 aromatic heterocycles. The molecule has 2 aromatic rings.